The predicted octanol–water partition coefficient (Wildman–Crippen LogP) is 4.69. The van der Waals surface area contributed by atoms with Crippen LogP contribution in [0.2, 0.25) is 5.02 Å². The first-order valence-corrected chi connectivity index (χ1v) is 6.72. The van der Waals surface area contributed by atoms with Gasteiger partial charge in [0.1, 0.15) is 5.82 Å². The van der Waals surface area contributed by atoms with Gasteiger partial charge in [-0.05, 0) is 24.3 Å². The molecule has 108 valence electrons. The molecule has 0 fully saturated rings. The third kappa shape index (κ3) is 3.71. The lowest BCUT2D eigenvalue weighted by Gasteiger charge is -2.13. The Labute approximate surface area is 126 Å². The van der Waals surface area contributed by atoms with Gasteiger partial charge in [-0.2, -0.15) is 5.26 Å². The van der Waals surface area contributed by atoms with Gasteiger partial charge in [0.25, 0.3) is 0 Å². The Hall–Kier alpha value is -2.12. The van der Waals surface area contributed by atoms with Gasteiger partial charge >= 0.3 is 0 Å². The number of rotatable bonds is 5. The summed E-state index contributed by atoms with van der Waals surface area (Å²) in [6.07, 6.45) is 0.214. The summed E-state index contributed by atoms with van der Waals surface area (Å²) in [6.45, 7) is 0.0871. The van der Waals surface area contributed by atoms with Crippen molar-refractivity contribution in [3.05, 3.63) is 64.7 Å². The maximum atomic E-state index is 13.8. The number of benzene rings is 2. The fraction of sp³-hybridized carbons (Fsp3) is 0.188. The van der Waals surface area contributed by atoms with Crippen LogP contribution in [0.4, 0.5) is 8.78 Å². The topological polar surface area (TPSA) is 33.0 Å². The SMILES string of the molecule is N#CC(CCOc1ccccc1F)c1c(F)cccc1Cl. The van der Waals surface area contributed by atoms with Crippen LogP contribution in [0.3, 0.4) is 0 Å². The van der Waals surface area contributed by atoms with Crippen molar-refractivity contribution in [3.63, 3.8) is 0 Å². The van der Waals surface area contributed by atoms with Gasteiger partial charge in [0, 0.05) is 17.0 Å². The van der Waals surface area contributed by atoms with Gasteiger partial charge in [0.2, 0.25) is 0 Å². The van der Waals surface area contributed by atoms with E-state index >= 15 is 0 Å². The number of hydrogen-bond donors (Lipinski definition) is 0. The van der Waals surface area contributed by atoms with E-state index in [0.29, 0.717) is 0 Å². The highest BCUT2D eigenvalue weighted by molar-refractivity contribution is 6.31. The summed E-state index contributed by atoms with van der Waals surface area (Å²) in [7, 11) is 0. The quantitative estimate of drug-likeness (QED) is 0.802. The second-order valence-corrected chi connectivity index (χ2v) is 4.79. The van der Waals surface area contributed by atoms with Crippen molar-refractivity contribution in [3.8, 4) is 11.8 Å². The first kappa shape index (κ1) is 15.3. The lowest BCUT2D eigenvalue weighted by molar-refractivity contribution is 0.290. The van der Waals surface area contributed by atoms with Crippen LogP contribution in [-0.4, -0.2) is 6.61 Å². The van der Waals surface area contributed by atoms with Crippen LogP contribution in [0, 0.1) is 23.0 Å². The Morgan fingerprint density at radius 2 is 1.81 bits per heavy atom. The Morgan fingerprint density at radius 3 is 2.48 bits per heavy atom. The molecule has 0 bridgehead atoms. The van der Waals surface area contributed by atoms with Crippen LogP contribution in [0.15, 0.2) is 42.5 Å². The Balaban J connectivity index is 2.04. The van der Waals surface area contributed by atoms with Gasteiger partial charge in [-0.1, -0.05) is 29.8 Å². The van der Waals surface area contributed by atoms with Crippen LogP contribution in [-0.2, 0) is 0 Å². The molecule has 21 heavy (non-hydrogen) atoms. The van der Waals surface area contributed by atoms with Gasteiger partial charge < -0.3 is 4.74 Å². The number of para-hydroxylation sites is 1. The zero-order valence-corrected chi connectivity index (χ0v) is 11.8. The standard InChI is InChI=1S/C16H12ClF2NO/c17-12-4-3-6-14(19)16(12)11(10-20)8-9-21-15-7-2-1-5-13(15)18/h1-7,11H,8-9H2. The predicted molar refractivity (Wildman–Crippen MR) is 76.3 cm³/mol. The van der Waals surface area contributed by atoms with Crippen LogP contribution < -0.4 is 4.74 Å². The van der Waals surface area contributed by atoms with Crippen molar-refractivity contribution in [2.45, 2.75) is 12.3 Å². The van der Waals surface area contributed by atoms with Crippen molar-refractivity contribution >= 4 is 11.6 Å². The van der Waals surface area contributed by atoms with Crippen LogP contribution in [0.5, 0.6) is 5.75 Å². The summed E-state index contributed by atoms with van der Waals surface area (Å²) in [5, 5.41) is 9.38. The van der Waals surface area contributed by atoms with E-state index in [-0.39, 0.29) is 29.4 Å². The molecule has 2 nitrogen and oxygen atoms in total. The third-order valence-electron chi connectivity index (χ3n) is 3.00. The largest absolute Gasteiger partial charge is 0.490 e. The van der Waals surface area contributed by atoms with Gasteiger partial charge in [0.05, 0.1) is 18.6 Å². The molecule has 0 aliphatic heterocycles. The number of nitriles is 1. The Kier molecular flexibility index (Phi) is 5.13. The van der Waals surface area contributed by atoms with Crippen LogP contribution in [0.25, 0.3) is 0 Å². The maximum absolute atomic E-state index is 13.8. The summed E-state index contributed by atoms with van der Waals surface area (Å²) in [5.41, 5.74) is 0.152. The van der Waals surface area contributed by atoms with Crippen molar-refractivity contribution in [1.82, 2.24) is 0 Å². The normalized spacial score (nSPS) is 11.7. The monoisotopic (exact) mass is 307 g/mol. The molecule has 0 heterocycles. The lowest BCUT2D eigenvalue weighted by atomic mass is 9.97. The number of nitrogens with zero attached hydrogens (tertiary/aromatic N) is 1. The summed E-state index contributed by atoms with van der Waals surface area (Å²) in [6, 6.07) is 12.2. The fourth-order valence-corrected chi connectivity index (χ4v) is 2.26. The molecule has 0 N–H and O–H groups in total. The van der Waals surface area contributed by atoms with Crippen molar-refractivity contribution in [2.24, 2.45) is 0 Å². The number of hydrogen-bond acceptors (Lipinski definition) is 2. The molecule has 0 aromatic heterocycles. The van der Waals surface area contributed by atoms with E-state index in [1.54, 1.807) is 12.1 Å². The van der Waals surface area contributed by atoms with Gasteiger partial charge in [-0.3, -0.25) is 0 Å². The highest BCUT2D eigenvalue weighted by Crippen LogP contribution is 2.29. The Morgan fingerprint density at radius 1 is 1.10 bits per heavy atom. The summed E-state index contributed by atoms with van der Waals surface area (Å²) >= 11 is 5.93. The molecule has 2 aromatic rings. The average molecular weight is 308 g/mol. The third-order valence-corrected chi connectivity index (χ3v) is 3.33. The molecule has 5 heteroatoms. The maximum Gasteiger partial charge on any atom is 0.165 e. The molecule has 1 atom stereocenters. The number of halogens is 3. The molecule has 0 aliphatic rings. The lowest BCUT2D eigenvalue weighted by Crippen LogP contribution is -2.07. The minimum atomic E-state index is -0.745. The zero-order valence-electron chi connectivity index (χ0n) is 11.0. The summed E-state index contributed by atoms with van der Waals surface area (Å²) in [4.78, 5) is 0. The molecule has 2 aromatic carbocycles. The van der Waals surface area contributed by atoms with Crippen molar-refractivity contribution in [2.75, 3.05) is 6.61 Å². The van der Waals surface area contributed by atoms with E-state index in [1.807, 2.05) is 6.07 Å². The van der Waals surface area contributed by atoms with Gasteiger partial charge in [0.15, 0.2) is 11.6 Å². The molecule has 0 spiro atoms. The molecular formula is C16H12ClF2NO. The van der Waals surface area contributed by atoms with E-state index in [0.717, 1.165) is 0 Å². The summed E-state index contributed by atoms with van der Waals surface area (Å²) < 4.78 is 32.4. The highest BCUT2D eigenvalue weighted by Gasteiger charge is 2.19. The minimum Gasteiger partial charge on any atom is -0.490 e. The average Bonchev–Trinajstić information content (AvgIpc) is 2.47. The molecule has 0 aliphatic carbocycles. The molecule has 0 amide bonds. The zero-order chi connectivity index (χ0) is 15.2. The second-order valence-electron chi connectivity index (χ2n) is 4.38. The van der Waals surface area contributed by atoms with Gasteiger partial charge in [-0.25, -0.2) is 8.78 Å². The minimum absolute atomic E-state index is 0.0871. The first-order valence-electron chi connectivity index (χ1n) is 6.34. The fourth-order valence-electron chi connectivity index (χ4n) is 1.97. The van der Waals surface area contributed by atoms with Crippen molar-refractivity contribution in [1.29, 1.82) is 5.26 Å². The van der Waals surface area contributed by atoms with Crippen LogP contribution in [0.1, 0.15) is 17.9 Å². The van der Waals surface area contributed by atoms with Crippen molar-refractivity contribution < 1.29 is 13.5 Å². The van der Waals surface area contributed by atoms with E-state index in [1.165, 1.54) is 30.3 Å². The van der Waals surface area contributed by atoms with E-state index in [4.69, 9.17) is 16.3 Å². The molecule has 1 unspecified atom stereocenters. The summed E-state index contributed by atoms with van der Waals surface area (Å²) in [5.74, 6) is -1.64. The molecule has 0 saturated heterocycles. The highest BCUT2D eigenvalue weighted by atomic mass is 35.5. The van der Waals surface area contributed by atoms with Gasteiger partial charge in [-0.15, -0.1) is 0 Å². The Bertz CT molecular complexity index is 649. The van der Waals surface area contributed by atoms with E-state index in [9.17, 15) is 14.0 Å². The molecule has 0 radical (unpaired) electrons. The number of ether oxygens (including phenoxy) is 1. The molecule has 0 saturated carbocycles. The first-order chi connectivity index (χ1) is 10.1. The molecular weight excluding hydrogens is 296 g/mol. The van der Waals surface area contributed by atoms with Crippen LogP contribution >= 0.6 is 11.6 Å². The van der Waals surface area contributed by atoms with E-state index < -0.39 is 17.6 Å². The smallest absolute Gasteiger partial charge is 0.165 e. The molecule has 2 rings (SSSR count). The second kappa shape index (κ2) is 7.05. The van der Waals surface area contributed by atoms with E-state index in [2.05, 4.69) is 0 Å².